The van der Waals surface area contributed by atoms with Crippen molar-refractivity contribution in [1.82, 2.24) is 10.2 Å². The van der Waals surface area contributed by atoms with Crippen LogP contribution < -0.4 is 5.32 Å². The Bertz CT molecular complexity index is 657. The molecule has 0 spiro atoms. The van der Waals surface area contributed by atoms with Gasteiger partial charge in [-0.1, -0.05) is 31.4 Å². The molecular weight excluding hydrogens is 373 g/mol. The fraction of sp³-hybridized carbons (Fsp3) is 0.650. The third-order valence-electron chi connectivity index (χ3n) is 5.75. The summed E-state index contributed by atoms with van der Waals surface area (Å²) in [6, 6.07) is 5.42. The number of nitrogens with one attached hydrogen (secondary N) is 1. The van der Waals surface area contributed by atoms with Crippen molar-refractivity contribution in [2.45, 2.75) is 49.7 Å². The molecule has 1 saturated heterocycles. The van der Waals surface area contributed by atoms with Crippen molar-refractivity contribution in [2.24, 2.45) is 0 Å². The topological polar surface area (TPSA) is 61.8 Å². The Hall–Kier alpha value is -1.64. The van der Waals surface area contributed by atoms with E-state index in [9.17, 15) is 23.1 Å². The average Bonchev–Trinajstić information content (AvgIpc) is 2.70. The van der Waals surface area contributed by atoms with Gasteiger partial charge in [0.2, 0.25) is 0 Å². The number of ether oxygens (including phenoxy) is 1. The Morgan fingerprint density at radius 3 is 2.39 bits per heavy atom. The van der Waals surface area contributed by atoms with Crippen molar-refractivity contribution < 1.29 is 27.8 Å². The molecule has 1 atom stereocenters. The fourth-order valence-electron chi connectivity index (χ4n) is 3.99. The lowest BCUT2D eigenvalue weighted by molar-refractivity contribution is -0.201. The van der Waals surface area contributed by atoms with E-state index in [2.05, 4.69) is 5.32 Å². The third-order valence-corrected chi connectivity index (χ3v) is 5.75. The molecule has 1 saturated carbocycles. The molecular formula is C20H27F3N2O3. The number of hydrogen-bond acceptors (Lipinski definition) is 4. The predicted octanol–water partition coefficient (Wildman–Crippen LogP) is 2.65. The smallest absolute Gasteiger partial charge is 0.352 e. The molecule has 1 aliphatic carbocycles. The van der Waals surface area contributed by atoms with E-state index in [0.29, 0.717) is 39.1 Å². The Kier molecular flexibility index (Phi) is 6.62. The van der Waals surface area contributed by atoms with Gasteiger partial charge >= 0.3 is 5.92 Å². The standard InChI is InChI=1S/C20H27F3N2O3/c21-16-6-4-15(5-7-16)17(25-10-12-28-13-11-25)14-24-18(26)20(22,23)19(27)8-2-1-3-9-19/h4-7,17,27H,1-3,8-14H2,(H,24,26). The van der Waals surface area contributed by atoms with E-state index in [1.54, 1.807) is 12.1 Å². The fourth-order valence-corrected chi connectivity index (χ4v) is 3.99. The molecule has 1 amide bonds. The second-order valence-corrected chi connectivity index (χ2v) is 7.59. The van der Waals surface area contributed by atoms with E-state index in [1.807, 2.05) is 4.90 Å². The Morgan fingerprint density at radius 1 is 1.18 bits per heavy atom. The number of morpholine rings is 1. The van der Waals surface area contributed by atoms with Crippen LogP contribution in [0.15, 0.2) is 24.3 Å². The summed E-state index contributed by atoms with van der Waals surface area (Å²) in [5.74, 6) is -5.71. The highest BCUT2D eigenvalue weighted by molar-refractivity contribution is 5.85. The molecule has 1 heterocycles. The summed E-state index contributed by atoms with van der Waals surface area (Å²) in [6.45, 7) is 2.11. The van der Waals surface area contributed by atoms with Gasteiger partial charge in [-0.3, -0.25) is 9.69 Å². The van der Waals surface area contributed by atoms with Gasteiger partial charge in [-0.15, -0.1) is 0 Å². The molecule has 28 heavy (non-hydrogen) atoms. The number of aliphatic hydroxyl groups is 1. The normalized spacial score (nSPS) is 21.9. The van der Waals surface area contributed by atoms with Crippen LogP contribution in [0.25, 0.3) is 0 Å². The molecule has 0 bridgehead atoms. The Balaban J connectivity index is 1.71. The minimum Gasteiger partial charge on any atom is -0.383 e. The summed E-state index contributed by atoms with van der Waals surface area (Å²) in [5, 5.41) is 12.7. The van der Waals surface area contributed by atoms with Gasteiger partial charge in [0.15, 0.2) is 0 Å². The van der Waals surface area contributed by atoms with Gasteiger partial charge in [-0.25, -0.2) is 4.39 Å². The summed E-state index contributed by atoms with van der Waals surface area (Å²) in [6.07, 6.45) is 1.57. The number of carbonyl (C=O) groups excluding carboxylic acids is 1. The lowest BCUT2D eigenvalue weighted by Gasteiger charge is -2.38. The lowest BCUT2D eigenvalue weighted by atomic mass is 9.79. The highest BCUT2D eigenvalue weighted by Gasteiger charge is 2.58. The molecule has 3 rings (SSSR count). The van der Waals surface area contributed by atoms with Crippen LogP contribution in [-0.2, 0) is 9.53 Å². The summed E-state index contributed by atoms with van der Waals surface area (Å²) in [5.41, 5.74) is -1.57. The van der Waals surface area contributed by atoms with E-state index < -0.39 is 17.4 Å². The van der Waals surface area contributed by atoms with Crippen molar-refractivity contribution in [3.05, 3.63) is 35.6 Å². The molecule has 5 nitrogen and oxygen atoms in total. The van der Waals surface area contributed by atoms with Gasteiger partial charge in [0, 0.05) is 19.6 Å². The molecule has 2 aliphatic rings. The first kappa shape index (κ1) is 21.1. The molecule has 2 fully saturated rings. The minimum atomic E-state index is -3.86. The van der Waals surface area contributed by atoms with E-state index in [0.717, 1.165) is 12.0 Å². The van der Waals surface area contributed by atoms with Crippen molar-refractivity contribution in [3.8, 4) is 0 Å². The van der Waals surface area contributed by atoms with Crippen molar-refractivity contribution in [2.75, 3.05) is 32.8 Å². The third kappa shape index (κ3) is 4.50. The number of alkyl halides is 2. The van der Waals surface area contributed by atoms with Gasteiger partial charge in [-0.2, -0.15) is 8.78 Å². The molecule has 1 unspecified atom stereocenters. The van der Waals surface area contributed by atoms with Gasteiger partial charge < -0.3 is 15.2 Å². The van der Waals surface area contributed by atoms with Crippen LogP contribution in [0.4, 0.5) is 13.2 Å². The maximum Gasteiger partial charge on any atom is 0.352 e. The van der Waals surface area contributed by atoms with E-state index in [1.165, 1.54) is 12.1 Å². The molecule has 8 heteroatoms. The number of carbonyl (C=O) groups is 1. The van der Waals surface area contributed by atoms with Gasteiger partial charge in [0.25, 0.3) is 5.91 Å². The van der Waals surface area contributed by atoms with Gasteiger partial charge in [-0.05, 0) is 30.5 Å². The quantitative estimate of drug-likeness (QED) is 0.771. The zero-order chi connectivity index (χ0) is 20.2. The lowest BCUT2D eigenvalue weighted by Crippen LogP contribution is -2.58. The number of benzene rings is 1. The van der Waals surface area contributed by atoms with Crippen LogP contribution in [0.3, 0.4) is 0 Å². The first-order valence-electron chi connectivity index (χ1n) is 9.79. The van der Waals surface area contributed by atoms with Crippen molar-refractivity contribution in [1.29, 1.82) is 0 Å². The predicted molar refractivity (Wildman–Crippen MR) is 97.5 cm³/mol. The highest BCUT2D eigenvalue weighted by atomic mass is 19.3. The minimum absolute atomic E-state index is 0.0594. The maximum absolute atomic E-state index is 14.7. The van der Waals surface area contributed by atoms with Gasteiger partial charge in [0.05, 0.1) is 19.3 Å². The van der Waals surface area contributed by atoms with Crippen molar-refractivity contribution >= 4 is 5.91 Å². The van der Waals surface area contributed by atoms with Crippen LogP contribution in [-0.4, -0.2) is 60.3 Å². The summed E-state index contributed by atoms with van der Waals surface area (Å²) >= 11 is 0. The molecule has 1 aliphatic heterocycles. The van der Waals surface area contributed by atoms with Crippen molar-refractivity contribution in [3.63, 3.8) is 0 Å². The first-order valence-corrected chi connectivity index (χ1v) is 9.79. The molecule has 0 radical (unpaired) electrons. The Labute approximate surface area is 162 Å². The number of rotatable bonds is 6. The number of hydrogen-bond donors (Lipinski definition) is 2. The number of amides is 1. The zero-order valence-corrected chi connectivity index (χ0v) is 15.8. The number of halogens is 3. The molecule has 1 aromatic rings. The summed E-state index contributed by atoms with van der Waals surface area (Å²) in [4.78, 5) is 14.3. The molecule has 156 valence electrons. The van der Waals surface area contributed by atoms with E-state index >= 15 is 0 Å². The summed E-state index contributed by atoms with van der Waals surface area (Å²) in [7, 11) is 0. The monoisotopic (exact) mass is 400 g/mol. The van der Waals surface area contributed by atoms with Gasteiger partial charge in [0.1, 0.15) is 11.4 Å². The molecule has 2 N–H and O–H groups in total. The van der Waals surface area contributed by atoms with Crippen LogP contribution in [0.5, 0.6) is 0 Å². The highest BCUT2D eigenvalue weighted by Crippen LogP contribution is 2.40. The second-order valence-electron chi connectivity index (χ2n) is 7.59. The molecule has 0 aromatic heterocycles. The number of nitrogens with zero attached hydrogens (tertiary/aromatic N) is 1. The van der Waals surface area contributed by atoms with Crippen LogP contribution >= 0.6 is 0 Å². The van der Waals surface area contributed by atoms with Crippen LogP contribution in [0.1, 0.15) is 43.7 Å². The first-order chi connectivity index (χ1) is 13.3. The SMILES string of the molecule is O=C(NCC(c1ccc(F)cc1)N1CCOCC1)C(F)(F)C1(O)CCCCC1. The zero-order valence-electron chi connectivity index (χ0n) is 15.8. The van der Waals surface area contributed by atoms with Crippen LogP contribution in [0.2, 0.25) is 0 Å². The van der Waals surface area contributed by atoms with E-state index in [4.69, 9.17) is 4.74 Å². The Morgan fingerprint density at radius 2 is 1.79 bits per heavy atom. The summed E-state index contributed by atoms with van der Waals surface area (Å²) < 4.78 is 48.0. The van der Waals surface area contributed by atoms with E-state index in [-0.39, 0.29) is 31.2 Å². The maximum atomic E-state index is 14.7. The molecule has 1 aromatic carbocycles. The average molecular weight is 400 g/mol. The second kappa shape index (κ2) is 8.80. The largest absolute Gasteiger partial charge is 0.383 e. The van der Waals surface area contributed by atoms with Crippen LogP contribution in [0, 0.1) is 5.82 Å².